The van der Waals surface area contributed by atoms with E-state index in [-0.39, 0.29) is 18.2 Å². The number of carbonyl (C=O) groups is 2. The molecule has 0 spiro atoms. The van der Waals surface area contributed by atoms with E-state index < -0.39 is 0 Å². The lowest BCUT2D eigenvalue weighted by atomic mass is 10.1. The first kappa shape index (κ1) is 21.6. The molecule has 156 valence electrons. The molecular formula is C23H24ClN3O3. The number of oxazole rings is 1. The Kier molecular flexibility index (Phi) is 7.63. The van der Waals surface area contributed by atoms with Gasteiger partial charge in [-0.2, -0.15) is 0 Å². The maximum absolute atomic E-state index is 12.4. The molecule has 0 saturated carbocycles. The summed E-state index contributed by atoms with van der Waals surface area (Å²) >= 11 is 6.04. The minimum atomic E-state index is -0.239. The molecule has 0 aliphatic rings. The zero-order chi connectivity index (χ0) is 21.3. The normalized spacial score (nSPS) is 10.6. The van der Waals surface area contributed by atoms with Crippen LogP contribution in [0.3, 0.4) is 0 Å². The third kappa shape index (κ3) is 5.94. The van der Waals surface area contributed by atoms with Crippen LogP contribution >= 0.6 is 11.6 Å². The summed E-state index contributed by atoms with van der Waals surface area (Å²) in [6.45, 7) is 2.54. The van der Waals surface area contributed by atoms with Crippen LogP contribution < -0.4 is 10.6 Å². The van der Waals surface area contributed by atoms with Crippen molar-refractivity contribution in [2.75, 3.05) is 11.9 Å². The summed E-state index contributed by atoms with van der Waals surface area (Å²) in [5.41, 5.74) is 1.76. The van der Waals surface area contributed by atoms with Gasteiger partial charge >= 0.3 is 0 Å². The molecule has 0 bridgehead atoms. The van der Waals surface area contributed by atoms with Crippen molar-refractivity contribution in [1.29, 1.82) is 0 Å². The molecule has 2 aromatic carbocycles. The molecule has 30 heavy (non-hydrogen) atoms. The maximum Gasteiger partial charge on any atom is 0.253 e. The van der Waals surface area contributed by atoms with Gasteiger partial charge in [-0.1, -0.05) is 48.9 Å². The number of aryl methyl sites for hydroxylation is 1. The topological polar surface area (TPSA) is 84.2 Å². The highest BCUT2D eigenvalue weighted by molar-refractivity contribution is 6.31. The van der Waals surface area contributed by atoms with Gasteiger partial charge in [0.2, 0.25) is 5.91 Å². The molecule has 2 amide bonds. The van der Waals surface area contributed by atoms with Crippen molar-refractivity contribution in [1.82, 2.24) is 10.3 Å². The smallest absolute Gasteiger partial charge is 0.253 e. The summed E-state index contributed by atoms with van der Waals surface area (Å²) in [6, 6.07) is 14.6. The van der Waals surface area contributed by atoms with Crippen LogP contribution in [0.25, 0.3) is 11.3 Å². The van der Waals surface area contributed by atoms with Crippen LogP contribution in [0, 0.1) is 0 Å². The number of nitrogens with zero attached hydrogens (tertiary/aromatic N) is 1. The molecule has 0 atom stereocenters. The van der Waals surface area contributed by atoms with E-state index in [0.717, 1.165) is 12.0 Å². The Morgan fingerprint density at radius 2 is 1.93 bits per heavy atom. The van der Waals surface area contributed by atoms with Crippen LogP contribution in [0.5, 0.6) is 0 Å². The average molecular weight is 426 g/mol. The number of rotatable bonds is 9. The van der Waals surface area contributed by atoms with Gasteiger partial charge in [-0.3, -0.25) is 9.59 Å². The van der Waals surface area contributed by atoms with E-state index in [9.17, 15) is 9.59 Å². The van der Waals surface area contributed by atoms with Crippen LogP contribution in [-0.4, -0.2) is 23.3 Å². The molecule has 0 aliphatic carbocycles. The molecule has 0 saturated heterocycles. The van der Waals surface area contributed by atoms with Crippen molar-refractivity contribution >= 4 is 29.1 Å². The number of hydrogen-bond acceptors (Lipinski definition) is 4. The first-order valence-electron chi connectivity index (χ1n) is 9.94. The van der Waals surface area contributed by atoms with Gasteiger partial charge in [0.05, 0.1) is 17.4 Å². The van der Waals surface area contributed by atoms with E-state index in [1.54, 1.807) is 24.4 Å². The molecule has 7 heteroatoms. The van der Waals surface area contributed by atoms with E-state index in [1.165, 1.54) is 0 Å². The van der Waals surface area contributed by atoms with E-state index in [1.807, 2.05) is 37.3 Å². The Bertz CT molecular complexity index is 1000. The summed E-state index contributed by atoms with van der Waals surface area (Å²) in [7, 11) is 0. The zero-order valence-electron chi connectivity index (χ0n) is 16.8. The van der Waals surface area contributed by atoms with Crippen LogP contribution in [0.2, 0.25) is 5.02 Å². The average Bonchev–Trinajstić information content (AvgIpc) is 3.22. The number of aromatic nitrogens is 1. The molecule has 3 rings (SSSR count). The third-order valence-electron chi connectivity index (χ3n) is 4.44. The van der Waals surface area contributed by atoms with Gasteiger partial charge in [-0.25, -0.2) is 4.98 Å². The Morgan fingerprint density at radius 1 is 1.13 bits per heavy atom. The monoisotopic (exact) mass is 425 g/mol. The van der Waals surface area contributed by atoms with Crippen molar-refractivity contribution in [3.05, 3.63) is 71.2 Å². The molecule has 0 aliphatic heterocycles. The van der Waals surface area contributed by atoms with Gasteiger partial charge in [0.15, 0.2) is 11.7 Å². The number of benzene rings is 2. The van der Waals surface area contributed by atoms with Gasteiger partial charge in [0.1, 0.15) is 0 Å². The Morgan fingerprint density at radius 3 is 2.70 bits per heavy atom. The fourth-order valence-electron chi connectivity index (χ4n) is 2.93. The highest BCUT2D eigenvalue weighted by Crippen LogP contribution is 2.23. The fourth-order valence-corrected chi connectivity index (χ4v) is 3.10. The van der Waals surface area contributed by atoms with Crippen molar-refractivity contribution in [2.45, 2.75) is 32.6 Å². The molecule has 1 aromatic heterocycles. The first-order chi connectivity index (χ1) is 14.6. The number of hydrogen-bond donors (Lipinski definition) is 2. The van der Waals surface area contributed by atoms with Crippen molar-refractivity contribution < 1.29 is 14.0 Å². The van der Waals surface area contributed by atoms with Crippen LogP contribution in [-0.2, 0) is 11.2 Å². The third-order valence-corrected chi connectivity index (χ3v) is 4.68. The molecule has 6 nitrogen and oxygen atoms in total. The summed E-state index contributed by atoms with van der Waals surface area (Å²) in [5, 5.41) is 6.05. The van der Waals surface area contributed by atoms with E-state index >= 15 is 0 Å². The second kappa shape index (κ2) is 10.6. The molecule has 2 N–H and O–H groups in total. The van der Waals surface area contributed by atoms with Crippen LogP contribution in [0.1, 0.15) is 42.4 Å². The fraction of sp³-hybridized carbons (Fsp3) is 0.261. The molecule has 0 unspecified atom stereocenters. The lowest BCUT2D eigenvalue weighted by Gasteiger charge is -2.11. The predicted octanol–water partition coefficient (Wildman–Crippen LogP) is 5.10. The molecule has 0 radical (unpaired) electrons. The number of halogens is 1. The Balaban J connectivity index is 1.54. The lowest BCUT2D eigenvalue weighted by molar-refractivity contribution is -0.116. The highest BCUT2D eigenvalue weighted by atomic mass is 35.5. The Hall–Kier alpha value is -3.12. The zero-order valence-corrected chi connectivity index (χ0v) is 17.5. The second-order valence-electron chi connectivity index (χ2n) is 6.83. The maximum atomic E-state index is 12.4. The van der Waals surface area contributed by atoms with E-state index in [0.29, 0.717) is 47.3 Å². The standard InChI is InChI=1S/C23H24ClN3O3/c1-2-13-25-23(29)18-12-11-17(24)14-19(18)27-21(28)9-6-10-22-26-15-20(30-22)16-7-4-3-5-8-16/h3-5,7-8,11-12,14-15H,2,6,9-10,13H2,1H3,(H,25,29)(H,27,28). The number of amides is 2. The van der Waals surface area contributed by atoms with Gasteiger partial charge in [-0.15, -0.1) is 0 Å². The summed E-state index contributed by atoms with van der Waals surface area (Å²) < 4.78 is 5.76. The number of carbonyl (C=O) groups excluding carboxylic acids is 2. The highest BCUT2D eigenvalue weighted by Gasteiger charge is 2.14. The molecule has 3 aromatic rings. The van der Waals surface area contributed by atoms with Gasteiger partial charge < -0.3 is 15.1 Å². The van der Waals surface area contributed by atoms with Crippen molar-refractivity contribution in [3.63, 3.8) is 0 Å². The van der Waals surface area contributed by atoms with Gasteiger partial charge in [0, 0.05) is 30.0 Å². The van der Waals surface area contributed by atoms with Gasteiger partial charge in [0.25, 0.3) is 5.91 Å². The first-order valence-corrected chi connectivity index (χ1v) is 10.3. The summed E-state index contributed by atoms with van der Waals surface area (Å²) in [4.78, 5) is 29.0. The van der Waals surface area contributed by atoms with Gasteiger partial charge in [-0.05, 0) is 31.0 Å². The second-order valence-corrected chi connectivity index (χ2v) is 7.27. The quantitative estimate of drug-likeness (QED) is 0.499. The van der Waals surface area contributed by atoms with E-state index in [2.05, 4.69) is 15.6 Å². The number of nitrogens with one attached hydrogen (secondary N) is 2. The summed E-state index contributed by atoms with van der Waals surface area (Å²) in [6.07, 6.45) is 3.90. The Labute approximate surface area is 180 Å². The number of anilines is 1. The minimum Gasteiger partial charge on any atom is -0.441 e. The van der Waals surface area contributed by atoms with Crippen LogP contribution in [0.4, 0.5) is 5.69 Å². The molecule has 1 heterocycles. The lowest BCUT2D eigenvalue weighted by Crippen LogP contribution is -2.25. The minimum absolute atomic E-state index is 0.198. The SMILES string of the molecule is CCCNC(=O)c1ccc(Cl)cc1NC(=O)CCCc1ncc(-c2ccccc2)o1. The van der Waals surface area contributed by atoms with Crippen molar-refractivity contribution in [2.24, 2.45) is 0 Å². The summed E-state index contributed by atoms with van der Waals surface area (Å²) in [5.74, 6) is 0.856. The largest absolute Gasteiger partial charge is 0.441 e. The van der Waals surface area contributed by atoms with Crippen LogP contribution in [0.15, 0.2) is 59.1 Å². The predicted molar refractivity (Wildman–Crippen MR) is 118 cm³/mol. The van der Waals surface area contributed by atoms with Crippen molar-refractivity contribution in [3.8, 4) is 11.3 Å². The van der Waals surface area contributed by atoms with E-state index in [4.69, 9.17) is 16.0 Å². The molecule has 0 fully saturated rings. The molecular weight excluding hydrogens is 402 g/mol.